The standard InChI is InChI=1S/C22H27N5S2/c1-15-11-16(2)13-17(12-15)24-22-23-8-7-18(26-22)20-25-19(21(28-3)29-20)14-27-9-5-4-6-10-27/h7-8,11-13H,4-6,9-10,14H2,1-3H3,(H,23,24,26). The number of aryl methyl sites for hydroxylation is 2. The van der Waals surface area contributed by atoms with Gasteiger partial charge in [-0.15, -0.1) is 23.1 Å². The first-order chi connectivity index (χ1) is 14.1. The van der Waals surface area contributed by atoms with Crippen molar-refractivity contribution in [1.82, 2.24) is 19.9 Å². The van der Waals surface area contributed by atoms with Gasteiger partial charge in [-0.3, -0.25) is 4.90 Å². The highest BCUT2D eigenvalue weighted by Gasteiger charge is 2.18. The summed E-state index contributed by atoms with van der Waals surface area (Å²) in [4.78, 5) is 16.6. The average Bonchev–Trinajstić information content (AvgIpc) is 3.11. The highest BCUT2D eigenvalue weighted by Crippen LogP contribution is 2.34. The van der Waals surface area contributed by atoms with Gasteiger partial charge < -0.3 is 5.32 Å². The van der Waals surface area contributed by atoms with Crippen LogP contribution >= 0.6 is 23.1 Å². The minimum Gasteiger partial charge on any atom is -0.324 e. The smallest absolute Gasteiger partial charge is 0.227 e. The lowest BCUT2D eigenvalue weighted by Crippen LogP contribution is -2.29. The monoisotopic (exact) mass is 425 g/mol. The molecule has 1 N–H and O–H groups in total. The van der Waals surface area contributed by atoms with E-state index in [9.17, 15) is 0 Å². The van der Waals surface area contributed by atoms with Gasteiger partial charge in [0.25, 0.3) is 0 Å². The molecule has 5 nitrogen and oxygen atoms in total. The van der Waals surface area contributed by atoms with Crippen LogP contribution in [0.3, 0.4) is 0 Å². The zero-order chi connectivity index (χ0) is 20.2. The van der Waals surface area contributed by atoms with Gasteiger partial charge in [0.2, 0.25) is 5.95 Å². The molecule has 0 amide bonds. The van der Waals surface area contributed by atoms with Crippen molar-refractivity contribution in [2.45, 2.75) is 43.9 Å². The van der Waals surface area contributed by atoms with Gasteiger partial charge in [0, 0.05) is 18.4 Å². The molecule has 0 spiro atoms. The summed E-state index contributed by atoms with van der Waals surface area (Å²) in [5.41, 5.74) is 5.50. The molecule has 2 aromatic heterocycles. The molecular formula is C22H27N5S2. The Morgan fingerprint density at radius 2 is 1.83 bits per heavy atom. The maximum Gasteiger partial charge on any atom is 0.227 e. The number of aromatic nitrogens is 3. The zero-order valence-corrected chi connectivity index (χ0v) is 18.9. The quantitative estimate of drug-likeness (QED) is 0.514. The molecule has 152 valence electrons. The normalized spacial score (nSPS) is 14.9. The number of thiazole rings is 1. The number of thioether (sulfide) groups is 1. The molecule has 1 fully saturated rings. The third-order valence-electron chi connectivity index (χ3n) is 5.02. The van der Waals surface area contributed by atoms with Crippen molar-refractivity contribution in [3.63, 3.8) is 0 Å². The van der Waals surface area contributed by atoms with Crippen molar-refractivity contribution in [3.8, 4) is 10.7 Å². The van der Waals surface area contributed by atoms with Gasteiger partial charge in [-0.2, -0.15) is 0 Å². The maximum atomic E-state index is 4.96. The van der Waals surface area contributed by atoms with Crippen LogP contribution in [-0.4, -0.2) is 39.2 Å². The first-order valence-corrected chi connectivity index (χ1v) is 12.1. The summed E-state index contributed by atoms with van der Waals surface area (Å²) in [7, 11) is 0. The highest BCUT2D eigenvalue weighted by atomic mass is 32.2. The molecule has 0 unspecified atom stereocenters. The number of rotatable bonds is 6. The molecule has 1 aliphatic heterocycles. The molecular weight excluding hydrogens is 398 g/mol. The summed E-state index contributed by atoms with van der Waals surface area (Å²) >= 11 is 3.51. The Morgan fingerprint density at radius 3 is 2.55 bits per heavy atom. The van der Waals surface area contributed by atoms with E-state index in [1.807, 2.05) is 6.07 Å². The molecule has 1 saturated heterocycles. The number of nitrogens with one attached hydrogen (secondary N) is 1. The fourth-order valence-electron chi connectivity index (χ4n) is 3.75. The van der Waals surface area contributed by atoms with Crippen LogP contribution in [0.4, 0.5) is 11.6 Å². The third-order valence-corrected chi connectivity index (χ3v) is 7.29. The lowest BCUT2D eigenvalue weighted by atomic mass is 10.1. The van der Waals surface area contributed by atoms with Crippen LogP contribution in [0.1, 0.15) is 36.1 Å². The molecule has 4 rings (SSSR count). The Bertz CT molecular complexity index is 959. The topological polar surface area (TPSA) is 53.9 Å². The van der Waals surface area contributed by atoms with E-state index >= 15 is 0 Å². The molecule has 1 aliphatic rings. The second-order valence-electron chi connectivity index (χ2n) is 7.56. The Kier molecular flexibility index (Phi) is 6.47. The molecule has 0 atom stereocenters. The second-order valence-corrected chi connectivity index (χ2v) is 9.63. The van der Waals surface area contributed by atoms with Gasteiger partial charge >= 0.3 is 0 Å². The molecule has 0 radical (unpaired) electrons. The van der Waals surface area contributed by atoms with Crippen LogP contribution in [0.15, 0.2) is 34.7 Å². The Labute approximate surface area is 181 Å². The lowest BCUT2D eigenvalue weighted by molar-refractivity contribution is 0.217. The number of likely N-dealkylation sites (tertiary alicyclic amines) is 1. The SMILES string of the molecule is CSc1sc(-c2ccnc(Nc3cc(C)cc(C)c3)n2)nc1CN1CCCCC1. The summed E-state index contributed by atoms with van der Waals surface area (Å²) in [6.07, 6.45) is 7.88. The second kappa shape index (κ2) is 9.24. The van der Waals surface area contributed by atoms with Crippen LogP contribution in [0.2, 0.25) is 0 Å². The van der Waals surface area contributed by atoms with Crippen LogP contribution in [0.25, 0.3) is 10.7 Å². The number of hydrogen-bond donors (Lipinski definition) is 1. The van der Waals surface area contributed by atoms with Crippen molar-refractivity contribution in [2.75, 3.05) is 24.7 Å². The minimum absolute atomic E-state index is 0.603. The average molecular weight is 426 g/mol. The first-order valence-electron chi connectivity index (χ1n) is 10.1. The number of nitrogens with zero attached hydrogens (tertiary/aromatic N) is 4. The molecule has 0 bridgehead atoms. The molecule has 3 aromatic rings. The molecule has 1 aromatic carbocycles. The number of anilines is 2. The minimum atomic E-state index is 0.603. The number of hydrogen-bond acceptors (Lipinski definition) is 7. The Hall–Kier alpha value is -1.96. The maximum absolute atomic E-state index is 4.96. The van der Waals surface area contributed by atoms with E-state index in [1.54, 1.807) is 29.3 Å². The van der Waals surface area contributed by atoms with E-state index in [2.05, 4.69) is 53.5 Å². The van der Waals surface area contributed by atoms with Gasteiger partial charge in [0.1, 0.15) is 10.7 Å². The fraction of sp³-hybridized carbons (Fsp3) is 0.409. The van der Waals surface area contributed by atoms with Crippen molar-refractivity contribution >= 4 is 34.7 Å². The summed E-state index contributed by atoms with van der Waals surface area (Å²) in [5.74, 6) is 0.603. The molecule has 7 heteroatoms. The van der Waals surface area contributed by atoms with Gasteiger partial charge in [-0.25, -0.2) is 15.0 Å². The van der Waals surface area contributed by atoms with Crippen molar-refractivity contribution < 1.29 is 0 Å². The molecule has 0 saturated carbocycles. The molecule has 3 heterocycles. The van der Waals surface area contributed by atoms with Crippen LogP contribution in [-0.2, 0) is 6.54 Å². The van der Waals surface area contributed by atoms with E-state index in [0.717, 1.165) is 22.9 Å². The van der Waals surface area contributed by atoms with Gasteiger partial charge in [-0.05, 0) is 75.4 Å². The number of piperidine rings is 1. The van der Waals surface area contributed by atoms with Crippen molar-refractivity contribution in [3.05, 3.63) is 47.3 Å². The predicted octanol–water partition coefficient (Wildman–Crippen LogP) is 5.67. The summed E-state index contributed by atoms with van der Waals surface area (Å²) in [6, 6.07) is 8.32. The van der Waals surface area contributed by atoms with Crippen molar-refractivity contribution in [1.29, 1.82) is 0 Å². The zero-order valence-electron chi connectivity index (χ0n) is 17.2. The summed E-state index contributed by atoms with van der Waals surface area (Å²) < 4.78 is 1.29. The van der Waals surface area contributed by atoms with E-state index in [4.69, 9.17) is 9.97 Å². The van der Waals surface area contributed by atoms with Crippen LogP contribution < -0.4 is 5.32 Å². The fourth-order valence-corrected chi connectivity index (χ4v) is 5.44. The van der Waals surface area contributed by atoms with E-state index < -0.39 is 0 Å². The van der Waals surface area contributed by atoms with E-state index in [1.165, 1.54) is 53.4 Å². The number of benzene rings is 1. The highest BCUT2D eigenvalue weighted by molar-refractivity contribution is 8.00. The largest absolute Gasteiger partial charge is 0.324 e. The summed E-state index contributed by atoms with van der Waals surface area (Å²) in [5, 5.41) is 4.30. The van der Waals surface area contributed by atoms with Gasteiger partial charge in [0.05, 0.1) is 9.90 Å². The third kappa shape index (κ3) is 5.15. The Balaban J connectivity index is 1.55. The van der Waals surface area contributed by atoms with Gasteiger partial charge in [0.15, 0.2) is 0 Å². The van der Waals surface area contributed by atoms with Crippen LogP contribution in [0.5, 0.6) is 0 Å². The van der Waals surface area contributed by atoms with Crippen LogP contribution in [0, 0.1) is 13.8 Å². The predicted molar refractivity (Wildman–Crippen MR) is 123 cm³/mol. The lowest BCUT2D eigenvalue weighted by Gasteiger charge is -2.25. The van der Waals surface area contributed by atoms with E-state index in [-0.39, 0.29) is 0 Å². The first kappa shape index (κ1) is 20.3. The Morgan fingerprint density at radius 1 is 1.07 bits per heavy atom. The molecule has 0 aliphatic carbocycles. The van der Waals surface area contributed by atoms with E-state index in [0.29, 0.717) is 5.95 Å². The van der Waals surface area contributed by atoms with Gasteiger partial charge in [-0.1, -0.05) is 12.5 Å². The summed E-state index contributed by atoms with van der Waals surface area (Å²) in [6.45, 7) is 7.49. The molecule has 29 heavy (non-hydrogen) atoms. The van der Waals surface area contributed by atoms with Crippen molar-refractivity contribution in [2.24, 2.45) is 0 Å².